The number of halogens is 2. The topological polar surface area (TPSA) is 49.4 Å². The number of rotatable bonds is 4. The number of ether oxygens (including phenoxy) is 1. The molecule has 0 atom stereocenters. The molecule has 2 rings (SSSR count). The lowest BCUT2D eigenvalue weighted by atomic mass is 10.4. The Labute approximate surface area is 147 Å². The molecule has 0 aliphatic carbocycles. The van der Waals surface area contributed by atoms with Crippen molar-refractivity contribution in [2.24, 2.45) is 0 Å². The highest BCUT2D eigenvalue weighted by Gasteiger charge is 2.10. The van der Waals surface area contributed by atoms with Crippen LogP contribution in [0.2, 0.25) is 0 Å². The van der Waals surface area contributed by atoms with Crippen LogP contribution in [-0.2, 0) is 4.74 Å². The van der Waals surface area contributed by atoms with Crippen molar-refractivity contribution >= 4 is 55.0 Å². The molecule has 116 valence electrons. The predicted octanol–water partition coefficient (Wildman–Crippen LogP) is 2.53. The summed E-state index contributed by atoms with van der Waals surface area (Å²) in [6.07, 6.45) is 0. The van der Waals surface area contributed by atoms with E-state index in [0.717, 1.165) is 59.9 Å². The van der Waals surface area contributed by atoms with E-state index in [1.165, 1.54) is 0 Å². The van der Waals surface area contributed by atoms with Gasteiger partial charge in [-0.15, -0.1) is 0 Å². The number of aryl methyl sites for hydroxylation is 1. The van der Waals surface area contributed by atoms with Gasteiger partial charge in [0, 0.05) is 30.7 Å². The molecular formula is C13H18Br2N4OS. The van der Waals surface area contributed by atoms with Crippen molar-refractivity contribution in [1.29, 1.82) is 0 Å². The molecule has 2 N–H and O–H groups in total. The van der Waals surface area contributed by atoms with Gasteiger partial charge in [0.25, 0.3) is 0 Å². The van der Waals surface area contributed by atoms with Crippen LogP contribution in [0.15, 0.2) is 15.0 Å². The van der Waals surface area contributed by atoms with Crippen molar-refractivity contribution in [2.45, 2.75) is 6.92 Å². The minimum Gasteiger partial charge on any atom is -0.379 e. The molecule has 1 aromatic rings. The van der Waals surface area contributed by atoms with Gasteiger partial charge in [0.15, 0.2) is 5.11 Å². The Morgan fingerprint density at radius 1 is 1.38 bits per heavy atom. The number of hydrogen-bond acceptors (Lipinski definition) is 4. The number of pyridine rings is 1. The van der Waals surface area contributed by atoms with Crippen LogP contribution in [0.4, 0.5) is 5.82 Å². The fraction of sp³-hybridized carbons (Fsp3) is 0.538. The van der Waals surface area contributed by atoms with Crippen LogP contribution in [0.25, 0.3) is 0 Å². The maximum atomic E-state index is 5.32. The molecular weight excluding hydrogens is 420 g/mol. The first-order valence-electron chi connectivity index (χ1n) is 6.74. The van der Waals surface area contributed by atoms with E-state index >= 15 is 0 Å². The fourth-order valence-electron chi connectivity index (χ4n) is 1.95. The quantitative estimate of drug-likeness (QED) is 0.706. The van der Waals surface area contributed by atoms with E-state index in [9.17, 15) is 0 Å². The average molecular weight is 438 g/mol. The molecule has 1 aliphatic rings. The molecule has 1 aromatic heterocycles. The summed E-state index contributed by atoms with van der Waals surface area (Å²) in [4.78, 5) is 6.81. The number of aromatic nitrogens is 1. The first-order chi connectivity index (χ1) is 10.1. The Bertz CT molecular complexity index is 509. The molecule has 1 fully saturated rings. The summed E-state index contributed by atoms with van der Waals surface area (Å²) in [5.41, 5.74) is 0.914. The fourth-order valence-corrected chi connectivity index (χ4v) is 3.19. The maximum Gasteiger partial charge on any atom is 0.172 e. The minimum absolute atomic E-state index is 0.582. The number of hydrogen-bond donors (Lipinski definition) is 2. The number of morpholine rings is 1. The molecule has 5 nitrogen and oxygen atoms in total. The first kappa shape index (κ1) is 17.1. The Hall–Kier alpha value is -0.280. The van der Waals surface area contributed by atoms with Crippen molar-refractivity contribution in [1.82, 2.24) is 15.2 Å². The van der Waals surface area contributed by atoms with Crippen LogP contribution >= 0.6 is 44.1 Å². The van der Waals surface area contributed by atoms with Crippen molar-refractivity contribution in [2.75, 3.05) is 44.7 Å². The smallest absolute Gasteiger partial charge is 0.172 e. The summed E-state index contributed by atoms with van der Waals surface area (Å²) < 4.78 is 7.16. The molecule has 0 aromatic carbocycles. The van der Waals surface area contributed by atoms with Crippen molar-refractivity contribution in [3.8, 4) is 0 Å². The SMILES string of the molecule is Cc1nc(NC(=S)NCCN2CCOCC2)c(Br)cc1Br. The lowest BCUT2D eigenvalue weighted by molar-refractivity contribution is 0.0389. The van der Waals surface area contributed by atoms with Crippen LogP contribution in [0.5, 0.6) is 0 Å². The zero-order chi connectivity index (χ0) is 15.2. The Morgan fingerprint density at radius 3 is 2.81 bits per heavy atom. The third-order valence-corrected chi connectivity index (χ3v) is 4.81. The number of nitrogens with zero attached hydrogens (tertiary/aromatic N) is 2. The zero-order valence-electron chi connectivity index (χ0n) is 11.8. The highest BCUT2D eigenvalue weighted by atomic mass is 79.9. The van der Waals surface area contributed by atoms with Crippen molar-refractivity contribution in [3.63, 3.8) is 0 Å². The standard InChI is InChI=1S/C13H18Br2N4OS/c1-9-10(14)8-11(15)12(17-9)18-13(21)16-2-3-19-4-6-20-7-5-19/h8H,2-7H2,1H3,(H2,16,17,18,21). The van der Waals surface area contributed by atoms with Gasteiger partial charge < -0.3 is 15.4 Å². The van der Waals surface area contributed by atoms with Gasteiger partial charge in [-0.05, 0) is 57.1 Å². The molecule has 0 radical (unpaired) electrons. The van der Waals surface area contributed by atoms with Gasteiger partial charge in [0.1, 0.15) is 5.82 Å². The summed E-state index contributed by atoms with van der Waals surface area (Å²) in [6, 6.07) is 1.96. The lowest BCUT2D eigenvalue weighted by Gasteiger charge is -2.26. The summed E-state index contributed by atoms with van der Waals surface area (Å²) in [5, 5.41) is 6.90. The van der Waals surface area contributed by atoms with Crippen LogP contribution < -0.4 is 10.6 Å². The van der Waals surface area contributed by atoms with Gasteiger partial charge in [-0.25, -0.2) is 4.98 Å². The summed E-state index contributed by atoms with van der Waals surface area (Å²) in [5.74, 6) is 0.722. The number of anilines is 1. The van der Waals surface area contributed by atoms with E-state index in [-0.39, 0.29) is 0 Å². The van der Waals surface area contributed by atoms with Gasteiger partial charge in [0.05, 0.1) is 23.4 Å². The molecule has 1 saturated heterocycles. The zero-order valence-corrected chi connectivity index (χ0v) is 15.8. The van der Waals surface area contributed by atoms with E-state index in [4.69, 9.17) is 17.0 Å². The maximum absolute atomic E-state index is 5.32. The summed E-state index contributed by atoms with van der Waals surface area (Å²) >= 11 is 12.2. The van der Waals surface area contributed by atoms with E-state index in [1.54, 1.807) is 0 Å². The van der Waals surface area contributed by atoms with Gasteiger partial charge >= 0.3 is 0 Å². The first-order valence-corrected chi connectivity index (χ1v) is 8.73. The highest BCUT2D eigenvalue weighted by Crippen LogP contribution is 2.26. The molecule has 0 saturated carbocycles. The van der Waals surface area contributed by atoms with Gasteiger partial charge in [0.2, 0.25) is 0 Å². The monoisotopic (exact) mass is 436 g/mol. The van der Waals surface area contributed by atoms with Crippen molar-refractivity contribution in [3.05, 3.63) is 20.7 Å². The average Bonchev–Trinajstić information content (AvgIpc) is 2.46. The molecule has 1 aliphatic heterocycles. The third-order valence-electron chi connectivity index (χ3n) is 3.15. The van der Waals surface area contributed by atoms with E-state index in [0.29, 0.717) is 5.11 Å². The van der Waals surface area contributed by atoms with Crippen molar-refractivity contribution < 1.29 is 4.74 Å². The predicted molar refractivity (Wildman–Crippen MR) is 95.9 cm³/mol. The molecule has 8 heteroatoms. The van der Waals surface area contributed by atoms with Gasteiger partial charge in [-0.2, -0.15) is 0 Å². The Morgan fingerprint density at radius 2 is 2.10 bits per heavy atom. The van der Waals surface area contributed by atoms with Crippen LogP contribution in [0.3, 0.4) is 0 Å². The van der Waals surface area contributed by atoms with E-state index in [2.05, 4.69) is 52.4 Å². The van der Waals surface area contributed by atoms with Gasteiger partial charge in [-0.3, -0.25) is 4.90 Å². The second kappa shape index (κ2) is 8.38. The second-order valence-corrected chi connectivity index (χ2v) is 6.84. The van der Waals surface area contributed by atoms with Crippen LogP contribution in [0.1, 0.15) is 5.69 Å². The number of thiocarbonyl (C=S) groups is 1. The summed E-state index contributed by atoms with van der Waals surface area (Å²) in [6.45, 7) is 7.31. The Kier molecular flexibility index (Phi) is 6.81. The normalized spacial score (nSPS) is 15.8. The largest absolute Gasteiger partial charge is 0.379 e. The molecule has 0 amide bonds. The summed E-state index contributed by atoms with van der Waals surface area (Å²) in [7, 11) is 0. The third kappa shape index (κ3) is 5.45. The molecule has 0 bridgehead atoms. The molecule has 0 unspecified atom stereocenters. The second-order valence-electron chi connectivity index (χ2n) is 4.72. The molecule has 21 heavy (non-hydrogen) atoms. The number of nitrogens with one attached hydrogen (secondary N) is 2. The Balaban J connectivity index is 1.77. The molecule has 2 heterocycles. The highest BCUT2D eigenvalue weighted by molar-refractivity contribution is 9.11. The van der Waals surface area contributed by atoms with E-state index in [1.807, 2.05) is 13.0 Å². The van der Waals surface area contributed by atoms with Crippen LogP contribution in [-0.4, -0.2) is 54.4 Å². The minimum atomic E-state index is 0.582. The van der Waals surface area contributed by atoms with Gasteiger partial charge in [-0.1, -0.05) is 0 Å². The molecule has 0 spiro atoms. The lowest BCUT2D eigenvalue weighted by Crippen LogP contribution is -2.42. The van der Waals surface area contributed by atoms with Crippen LogP contribution in [0, 0.1) is 6.92 Å². The van der Waals surface area contributed by atoms with E-state index < -0.39 is 0 Å².